The molecule has 0 atom stereocenters. The van der Waals surface area contributed by atoms with E-state index in [-0.39, 0.29) is 6.42 Å². The Morgan fingerprint density at radius 1 is 1.14 bits per heavy atom. The molecule has 0 saturated heterocycles. The number of carboxylic acid groups (broad SMARTS) is 1. The first kappa shape index (κ1) is 23.0. The summed E-state index contributed by atoms with van der Waals surface area (Å²) in [6.07, 6.45) is 3.87. The highest BCUT2D eigenvalue weighted by Crippen LogP contribution is 2.36. The van der Waals surface area contributed by atoms with E-state index in [9.17, 15) is 4.79 Å². The van der Waals surface area contributed by atoms with Crippen LogP contribution in [0.5, 0.6) is 0 Å². The van der Waals surface area contributed by atoms with Crippen LogP contribution in [0, 0.1) is 18.8 Å². The number of pyridine rings is 1. The zero-order valence-corrected chi connectivity index (χ0v) is 20.1. The van der Waals surface area contributed by atoms with Crippen molar-refractivity contribution in [2.24, 2.45) is 0 Å². The minimum atomic E-state index is -0.785. The van der Waals surface area contributed by atoms with E-state index >= 15 is 0 Å². The van der Waals surface area contributed by atoms with E-state index in [1.165, 1.54) is 11.1 Å². The summed E-state index contributed by atoms with van der Waals surface area (Å²) < 4.78 is 8.05. The van der Waals surface area contributed by atoms with Crippen LogP contribution in [0.3, 0.4) is 0 Å². The molecule has 5 rings (SSSR count). The molecule has 1 aliphatic heterocycles. The van der Waals surface area contributed by atoms with Gasteiger partial charge >= 0.3 is 5.97 Å². The number of aliphatic carboxylic acids is 1. The van der Waals surface area contributed by atoms with Gasteiger partial charge in [-0.25, -0.2) is 0 Å². The van der Waals surface area contributed by atoms with Crippen molar-refractivity contribution in [3.63, 3.8) is 0 Å². The van der Waals surface area contributed by atoms with Crippen molar-refractivity contribution in [3.8, 4) is 16.8 Å². The molecular weight excluding hydrogens is 460 g/mol. The van der Waals surface area contributed by atoms with Crippen molar-refractivity contribution >= 4 is 17.3 Å². The molecule has 4 aromatic rings. The second-order valence-corrected chi connectivity index (χ2v) is 9.38. The summed E-state index contributed by atoms with van der Waals surface area (Å²) >= 11 is 1.65. The number of aromatic nitrogens is 4. The molecule has 0 bridgehead atoms. The summed E-state index contributed by atoms with van der Waals surface area (Å²) in [6.45, 7) is 2.89. The van der Waals surface area contributed by atoms with Crippen molar-refractivity contribution in [2.45, 2.75) is 45.8 Å². The zero-order chi connectivity index (χ0) is 24.2. The van der Waals surface area contributed by atoms with Crippen molar-refractivity contribution in [1.82, 2.24) is 19.7 Å². The number of carboxylic acids is 1. The standard InChI is InChI=1S/C27H24N4O3S/c1-18-29-30-25-17-34-16-23-22(14-19-6-3-2-4-7-19)24(35-27(23)31(18)25)13-11-20-10-12-21(28-15-20)8-5-9-26(32)33/h2-4,6-7,10,12,15H,5,8-9,14,16-17H2,1H3,(H,32,33). The SMILES string of the molecule is Cc1nnc2n1-c1sc(C#Cc3ccc(CCCC(=O)O)nc3)c(Cc3ccccc3)c1COC2. The second-order valence-electron chi connectivity index (χ2n) is 8.38. The predicted molar refractivity (Wildman–Crippen MR) is 133 cm³/mol. The first-order chi connectivity index (χ1) is 17.1. The largest absolute Gasteiger partial charge is 0.481 e. The van der Waals surface area contributed by atoms with Gasteiger partial charge in [-0.05, 0) is 49.4 Å². The van der Waals surface area contributed by atoms with E-state index in [4.69, 9.17) is 9.84 Å². The Hall–Kier alpha value is -3.80. The van der Waals surface area contributed by atoms with E-state index in [0.717, 1.165) is 44.8 Å². The Balaban J connectivity index is 1.48. The molecule has 3 aromatic heterocycles. The highest BCUT2D eigenvalue weighted by Gasteiger charge is 2.25. The van der Waals surface area contributed by atoms with Crippen LogP contribution in [-0.2, 0) is 35.6 Å². The predicted octanol–water partition coefficient (Wildman–Crippen LogP) is 4.46. The molecule has 8 heteroatoms. The lowest BCUT2D eigenvalue weighted by Gasteiger charge is -2.06. The minimum Gasteiger partial charge on any atom is -0.481 e. The van der Waals surface area contributed by atoms with Gasteiger partial charge in [0, 0.05) is 29.4 Å². The van der Waals surface area contributed by atoms with Gasteiger partial charge in [0.15, 0.2) is 5.82 Å². The van der Waals surface area contributed by atoms with Gasteiger partial charge in [0.1, 0.15) is 17.4 Å². The number of hydrogen-bond acceptors (Lipinski definition) is 6. The van der Waals surface area contributed by atoms with Crippen LogP contribution in [0.2, 0.25) is 0 Å². The minimum absolute atomic E-state index is 0.147. The molecule has 35 heavy (non-hydrogen) atoms. The molecule has 0 fully saturated rings. The summed E-state index contributed by atoms with van der Waals surface area (Å²) in [4.78, 5) is 16.2. The summed E-state index contributed by atoms with van der Waals surface area (Å²) in [5.41, 5.74) is 5.21. The Bertz CT molecular complexity index is 1410. The van der Waals surface area contributed by atoms with Crippen LogP contribution < -0.4 is 0 Å². The third-order valence-electron chi connectivity index (χ3n) is 5.86. The average molecular weight is 485 g/mol. The van der Waals surface area contributed by atoms with Crippen LogP contribution in [0.15, 0.2) is 48.7 Å². The Morgan fingerprint density at radius 3 is 2.77 bits per heavy atom. The topological polar surface area (TPSA) is 90.1 Å². The first-order valence-corrected chi connectivity index (χ1v) is 12.3. The fourth-order valence-corrected chi connectivity index (χ4v) is 5.36. The van der Waals surface area contributed by atoms with E-state index < -0.39 is 5.97 Å². The van der Waals surface area contributed by atoms with Gasteiger partial charge in [-0.15, -0.1) is 21.5 Å². The van der Waals surface area contributed by atoms with Gasteiger partial charge in [0.2, 0.25) is 0 Å². The van der Waals surface area contributed by atoms with Crippen LogP contribution >= 0.6 is 11.3 Å². The molecular formula is C27H24N4O3S. The molecule has 0 radical (unpaired) electrons. The molecule has 1 aromatic carbocycles. The molecule has 0 saturated carbocycles. The van der Waals surface area contributed by atoms with Crippen LogP contribution in [0.1, 0.15) is 57.3 Å². The summed E-state index contributed by atoms with van der Waals surface area (Å²) in [7, 11) is 0. The number of carbonyl (C=O) groups is 1. The second kappa shape index (κ2) is 10.2. The molecule has 1 aliphatic rings. The molecule has 176 valence electrons. The summed E-state index contributed by atoms with van der Waals surface area (Å²) in [5, 5.41) is 18.4. The van der Waals surface area contributed by atoms with E-state index in [2.05, 4.69) is 43.7 Å². The van der Waals surface area contributed by atoms with Crippen molar-refractivity contribution in [3.05, 3.63) is 93.1 Å². The van der Waals surface area contributed by atoms with E-state index in [0.29, 0.717) is 26.1 Å². The Kier molecular flexibility index (Phi) is 6.70. The van der Waals surface area contributed by atoms with Gasteiger partial charge < -0.3 is 9.84 Å². The van der Waals surface area contributed by atoms with E-state index in [1.807, 2.05) is 37.3 Å². The van der Waals surface area contributed by atoms with Gasteiger partial charge in [-0.2, -0.15) is 0 Å². The maximum atomic E-state index is 10.7. The lowest BCUT2D eigenvalue weighted by Crippen LogP contribution is -2.00. The fraction of sp³-hybridized carbons (Fsp3) is 0.259. The normalized spacial score (nSPS) is 12.3. The highest BCUT2D eigenvalue weighted by molar-refractivity contribution is 7.15. The molecule has 0 spiro atoms. The Morgan fingerprint density at radius 2 is 2.00 bits per heavy atom. The number of thiophene rings is 1. The number of hydrogen-bond donors (Lipinski definition) is 1. The fourth-order valence-electron chi connectivity index (χ4n) is 4.11. The van der Waals surface area contributed by atoms with Crippen molar-refractivity contribution in [2.75, 3.05) is 0 Å². The monoisotopic (exact) mass is 484 g/mol. The molecule has 4 heterocycles. The number of fused-ring (bicyclic) bond motifs is 3. The lowest BCUT2D eigenvalue weighted by atomic mass is 10.0. The molecule has 7 nitrogen and oxygen atoms in total. The molecule has 1 N–H and O–H groups in total. The average Bonchev–Trinajstić information content (AvgIpc) is 3.32. The number of rotatable bonds is 6. The molecule has 0 amide bonds. The zero-order valence-electron chi connectivity index (χ0n) is 19.3. The van der Waals surface area contributed by atoms with Crippen LogP contribution in [-0.4, -0.2) is 30.8 Å². The number of benzene rings is 1. The number of nitrogens with zero attached hydrogens (tertiary/aromatic N) is 4. The molecule has 0 unspecified atom stereocenters. The number of aryl methyl sites for hydroxylation is 2. The highest BCUT2D eigenvalue weighted by atomic mass is 32.1. The summed E-state index contributed by atoms with van der Waals surface area (Å²) in [5.74, 6) is 7.51. The lowest BCUT2D eigenvalue weighted by molar-refractivity contribution is -0.137. The molecule has 0 aliphatic carbocycles. The number of ether oxygens (including phenoxy) is 1. The maximum absolute atomic E-state index is 10.7. The first-order valence-electron chi connectivity index (χ1n) is 11.4. The smallest absolute Gasteiger partial charge is 0.303 e. The van der Waals surface area contributed by atoms with Crippen LogP contribution in [0.4, 0.5) is 0 Å². The maximum Gasteiger partial charge on any atom is 0.303 e. The Labute approximate surface area is 207 Å². The third-order valence-corrected chi connectivity index (χ3v) is 7.04. The van der Waals surface area contributed by atoms with Crippen LogP contribution in [0.25, 0.3) is 5.00 Å². The van der Waals surface area contributed by atoms with Crippen molar-refractivity contribution in [1.29, 1.82) is 0 Å². The van der Waals surface area contributed by atoms with Gasteiger partial charge in [0.05, 0.1) is 11.5 Å². The van der Waals surface area contributed by atoms with E-state index in [1.54, 1.807) is 17.5 Å². The third kappa shape index (κ3) is 5.16. The van der Waals surface area contributed by atoms with Gasteiger partial charge in [-0.3, -0.25) is 14.3 Å². The summed E-state index contributed by atoms with van der Waals surface area (Å²) in [6, 6.07) is 14.2. The van der Waals surface area contributed by atoms with Crippen molar-refractivity contribution < 1.29 is 14.6 Å². The quantitative estimate of drug-likeness (QED) is 0.407. The van der Waals surface area contributed by atoms with Gasteiger partial charge in [-0.1, -0.05) is 42.2 Å². The van der Waals surface area contributed by atoms with Gasteiger partial charge in [0.25, 0.3) is 0 Å².